The van der Waals surface area contributed by atoms with Gasteiger partial charge in [-0.25, -0.2) is 4.79 Å². The highest BCUT2D eigenvalue weighted by Crippen LogP contribution is 2.38. The first-order valence-electron chi connectivity index (χ1n) is 12.5. The van der Waals surface area contributed by atoms with Gasteiger partial charge in [0.25, 0.3) is 0 Å². The summed E-state index contributed by atoms with van der Waals surface area (Å²) in [5, 5.41) is 0. The number of allylic oxidation sites excluding steroid dienone is 1. The highest BCUT2D eigenvalue weighted by Gasteiger charge is 2.56. The molecule has 41 heavy (non-hydrogen) atoms. The number of hydrogen-bond donors (Lipinski definition) is 2. The summed E-state index contributed by atoms with van der Waals surface area (Å²) in [6.45, 7) is 3.91. The van der Waals surface area contributed by atoms with Gasteiger partial charge < -0.3 is 25.7 Å². The van der Waals surface area contributed by atoms with Crippen LogP contribution < -0.4 is 20.9 Å². The average Bonchev–Trinajstić information content (AvgIpc) is 2.91. The molecule has 4 N–H and O–H groups in total. The zero-order valence-electron chi connectivity index (χ0n) is 21.9. The third-order valence-corrected chi connectivity index (χ3v) is 5.79. The average molecular weight is 577 g/mol. The van der Waals surface area contributed by atoms with Crippen molar-refractivity contribution in [1.29, 1.82) is 0 Å². The molecule has 0 fully saturated rings. The summed E-state index contributed by atoms with van der Waals surface area (Å²) in [7, 11) is 0. The Bertz CT molecular complexity index is 1350. The van der Waals surface area contributed by atoms with Gasteiger partial charge in [0.15, 0.2) is 0 Å². The van der Waals surface area contributed by atoms with Gasteiger partial charge >= 0.3 is 18.1 Å². The van der Waals surface area contributed by atoms with Crippen LogP contribution >= 0.6 is 0 Å². The molecule has 218 valence electrons. The fourth-order valence-corrected chi connectivity index (χ4v) is 3.50. The third-order valence-electron chi connectivity index (χ3n) is 5.79. The van der Waals surface area contributed by atoms with E-state index in [0.717, 1.165) is 11.1 Å². The number of hydrogen-bond acceptors (Lipinski definition) is 6. The van der Waals surface area contributed by atoms with E-state index in [4.69, 9.17) is 25.7 Å². The monoisotopic (exact) mass is 576 g/mol. The summed E-state index contributed by atoms with van der Waals surface area (Å²) in [6, 6.07) is 17.6. The Kier molecular flexibility index (Phi) is 10.3. The number of rotatable bonds is 13. The SMILES string of the molecule is C=C(/C=C/c1ccc(OC(=O)c2ccc(OCCCC(F)(F)C(F)(F)F)cc2)cc1)OCCc1ccc(N)cc1N. The van der Waals surface area contributed by atoms with Crippen molar-refractivity contribution in [1.82, 2.24) is 0 Å². The van der Waals surface area contributed by atoms with Crippen LogP contribution in [0.1, 0.15) is 34.3 Å². The number of anilines is 2. The first-order chi connectivity index (χ1) is 19.3. The van der Waals surface area contributed by atoms with Crippen molar-refractivity contribution in [2.24, 2.45) is 0 Å². The Morgan fingerprint density at radius 3 is 2.17 bits per heavy atom. The number of carbonyl (C=O) groups excluding carboxylic acids is 1. The lowest BCUT2D eigenvalue weighted by molar-refractivity contribution is -0.284. The number of nitrogens with two attached hydrogens (primary N) is 2. The molecule has 3 aromatic carbocycles. The first-order valence-corrected chi connectivity index (χ1v) is 12.5. The van der Waals surface area contributed by atoms with E-state index >= 15 is 0 Å². The standard InChI is InChI=1S/C30H29F5N2O4/c1-20(39-18-15-22-7-10-24(36)19-27(22)37)3-4-21-5-11-26(12-6-21)41-28(38)23-8-13-25(14-9-23)40-17-2-16-29(31,32)30(33,34)35/h3-14,19H,1-2,15-18,36-37H2/b4-3+. The second kappa shape index (κ2) is 13.7. The van der Waals surface area contributed by atoms with Gasteiger partial charge in [0, 0.05) is 24.2 Å². The number of benzene rings is 3. The van der Waals surface area contributed by atoms with Gasteiger partial charge in [-0.1, -0.05) is 30.9 Å². The minimum absolute atomic E-state index is 0.194. The predicted molar refractivity (Wildman–Crippen MR) is 147 cm³/mol. The molecular formula is C30H29F5N2O4. The normalized spacial score (nSPS) is 11.8. The molecule has 0 spiro atoms. The molecule has 3 rings (SSSR count). The number of ether oxygens (including phenoxy) is 3. The Labute approximate surface area is 234 Å². The van der Waals surface area contributed by atoms with Gasteiger partial charge in [0.05, 0.1) is 18.8 Å². The second-order valence-electron chi connectivity index (χ2n) is 8.99. The minimum atomic E-state index is -5.59. The molecule has 0 unspecified atom stereocenters. The molecule has 0 aliphatic rings. The van der Waals surface area contributed by atoms with Crippen LogP contribution in [-0.2, 0) is 11.2 Å². The fourth-order valence-electron chi connectivity index (χ4n) is 3.50. The molecule has 0 bridgehead atoms. The molecule has 11 heteroatoms. The summed E-state index contributed by atoms with van der Waals surface area (Å²) in [5.41, 5.74) is 14.8. The second-order valence-corrected chi connectivity index (χ2v) is 8.99. The maximum atomic E-state index is 12.9. The van der Waals surface area contributed by atoms with E-state index in [1.54, 1.807) is 48.6 Å². The summed E-state index contributed by atoms with van der Waals surface area (Å²) in [4.78, 5) is 12.4. The Balaban J connectivity index is 1.41. The Morgan fingerprint density at radius 2 is 1.54 bits per heavy atom. The van der Waals surface area contributed by atoms with E-state index < -0.39 is 30.9 Å². The molecule has 3 aromatic rings. The number of halogens is 5. The van der Waals surface area contributed by atoms with Crippen molar-refractivity contribution in [3.63, 3.8) is 0 Å². The topological polar surface area (TPSA) is 96.8 Å². The molecule has 0 radical (unpaired) electrons. The number of carbonyl (C=O) groups is 1. The Morgan fingerprint density at radius 1 is 0.878 bits per heavy atom. The number of alkyl halides is 5. The lowest BCUT2D eigenvalue weighted by atomic mass is 10.1. The minimum Gasteiger partial charge on any atom is -0.494 e. The molecule has 6 nitrogen and oxygen atoms in total. The van der Waals surface area contributed by atoms with Gasteiger partial charge in [-0.3, -0.25) is 0 Å². The van der Waals surface area contributed by atoms with Crippen molar-refractivity contribution in [3.8, 4) is 11.5 Å². The van der Waals surface area contributed by atoms with Crippen molar-refractivity contribution in [2.75, 3.05) is 24.7 Å². The molecule has 0 saturated carbocycles. The molecule has 0 heterocycles. The first kappa shape index (κ1) is 31.0. The quantitative estimate of drug-likeness (QED) is 0.0425. The maximum Gasteiger partial charge on any atom is 0.453 e. The highest BCUT2D eigenvalue weighted by molar-refractivity contribution is 5.91. The van der Waals surface area contributed by atoms with E-state index in [0.29, 0.717) is 35.9 Å². The van der Waals surface area contributed by atoms with Gasteiger partial charge in [-0.05, 0) is 72.2 Å². The lowest BCUT2D eigenvalue weighted by Gasteiger charge is -2.19. The van der Waals surface area contributed by atoms with Gasteiger partial charge in [0.2, 0.25) is 0 Å². The van der Waals surface area contributed by atoms with Gasteiger partial charge in [0.1, 0.15) is 17.3 Å². The number of esters is 1. The Hall–Kier alpha value is -4.54. The number of nitrogen functional groups attached to an aromatic ring is 2. The van der Waals surface area contributed by atoms with Crippen molar-refractivity contribution in [2.45, 2.75) is 31.4 Å². The summed E-state index contributed by atoms with van der Waals surface area (Å²) in [5.74, 6) is -4.44. The van der Waals surface area contributed by atoms with Crippen LogP contribution in [0.5, 0.6) is 11.5 Å². The summed E-state index contributed by atoms with van der Waals surface area (Å²) < 4.78 is 78.6. The van der Waals surface area contributed by atoms with E-state index in [-0.39, 0.29) is 17.9 Å². The molecule has 0 aliphatic carbocycles. The lowest BCUT2D eigenvalue weighted by Crippen LogP contribution is -2.36. The zero-order chi connectivity index (χ0) is 30.0. The van der Waals surface area contributed by atoms with Gasteiger partial charge in [-0.15, -0.1) is 0 Å². The van der Waals surface area contributed by atoms with Crippen LogP contribution in [0.2, 0.25) is 0 Å². The van der Waals surface area contributed by atoms with Crippen molar-refractivity contribution < 1.29 is 41.0 Å². The van der Waals surface area contributed by atoms with Crippen molar-refractivity contribution >= 4 is 23.4 Å². The van der Waals surface area contributed by atoms with Crippen LogP contribution in [0.15, 0.2) is 85.1 Å². The van der Waals surface area contributed by atoms with E-state index in [2.05, 4.69) is 6.58 Å². The van der Waals surface area contributed by atoms with Crippen LogP contribution in [0.4, 0.5) is 33.3 Å². The van der Waals surface area contributed by atoms with Gasteiger partial charge in [-0.2, -0.15) is 22.0 Å². The smallest absolute Gasteiger partial charge is 0.453 e. The van der Waals surface area contributed by atoms with Crippen LogP contribution in [-0.4, -0.2) is 31.3 Å². The van der Waals surface area contributed by atoms with Crippen LogP contribution in [0, 0.1) is 0 Å². The van der Waals surface area contributed by atoms with E-state index in [1.165, 1.54) is 24.3 Å². The van der Waals surface area contributed by atoms with E-state index in [9.17, 15) is 26.7 Å². The third kappa shape index (κ3) is 9.55. The fraction of sp³-hybridized carbons (Fsp3) is 0.233. The molecule has 0 atom stereocenters. The summed E-state index contributed by atoms with van der Waals surface area (Å²) >= 11 is 0. The molecule has 0 saturated heterocycles. The largest absolute Gasteiger partial charge is 0.494 e. The summed E-state index contributed by atoms with van der Waals surface area (Å²) in [6.07, 6.45) is -3.37. The molecule has 0 aromatic heterocycles. The van der Waals surface area contributed by atoms with Crippen LogP contribution in [0.25, 0.3) is 6.08 Å². The van der Waals surface area contributed by atoms with E-state index in [1.807, 2.05) is 6.07 Å². The van der Waals surface area contributed by atoms with Crippen LogP contribution in [0.3, 0.4) is 0 Å². The zero-order valence-corrected chi connectivity index (χ0v) is 21.9. The highest BCUT2D eigenvalue weighted by atomic mass is 19.4. The maximum absolute atomic E-state index is 12.9. The predicted octanol–water partition coefficient (Wildman–Crippen LogP) is 7.21. The molecule has 0 amide bonds. The molecular weight excluding hydrogens is 547 g/mol. The molecule has 0 aliphatic heterocycles. The van der Waals surface area contributed by atoms with Crippen molar-refractivity contribution in [3.05, 3.63) is 102 Å².